The predicted octanol–water partition coefficient (Wildman–Crippen LogP) is 1.68. The molecule has 2 heteroatoms. The average Bonchev–Trinajstić information content (AvgIpc) is 2.17. The van der Waals surface area contributed by atoms with Crippen LogP contribution < -0.4 is 0 Å². The second-order valence-electron chi connectivity index (χ2n) is 3.45. The van der Waals surface area contributed by atoms with E-state index in [4.69, 9.17) is 0 Å². The Balaban J connectivity index is 2.44. The van der Waals surface area contributed by atoms with Crippen LogP contribution in [0.1, 0.15) is 32.1 Å². The van der Waals surface area contributed by atoms with Gasteiger partial charge in [-0.05, 0) is 24.8 Å². The Hall–Kier alpha value is -0.630. The van der Waals surface area contributed by atoms with E-state index in [1.165, 1.54) is 12.5 Å². The molecule has 0 spiro atoms. The van der Waals surface area contributed by atoms with Gasteiger partial charge in [0, 0.05) is 0 Å². The van der Waals surface area contributed by atoms with E-state index in [1.54, 1.807) is 0 Å². The van der Waals surface area contributed by atoms with E-state index >= 15 is 0 Å². The van der Waals surface area contributed by atoms with Crippen molar-refractivity contribution >= 4 is 5.78 Å². The fraction of sp³-hybridized carbons (Fsp3) is 0.700. The summed E-state index contributed by atoms with van der Waals surface area (Å²) in [6.45, 7) is 3.37. The van der Waals surface area contributed by atoms with Gasteiger partial charge in [-0.1, -0.05) is 25.8 Å². The fourth-order valence-corrected chi connectivity index (χ4v) is 1.80. The third kappa shape index (κ3) is 2.18. The van der Waals surface area contributed by atoms with Gasteiger partial charge in [0.05, 0.1) is 0 Å². The number of aliphatic hydroxyl groups is 1. The smallest absolute Gasteiger partial charge is 0.183 e. The Labute approximate surface area is 73.3 Å². The Kier molecular flexibility index (Phi) is 3.48. The molecule has 1 aliphatic carbocycles. The predicted molar refractivity (Wildman–Crippen MR) is 47.8 cm³/mol. The quantitative estimate of drug-likeness (QED) is 0.651. The molecule has 0 aliphatic heterocycles. The summed E-state index contributed by atoms with van der Waals surface area (Å²) in [6, 6.07) is 0. The molecule has 0 amide bonds. The van der Waals surface area contributed by atoms with Crippen molar-refractivity contribution in [3.63, 3.8) is 0 Å². The first-order valence-corrected chi connectivity index (χ1v) is 4.60. The van der Waals surface area contributed by atoms with Crippen molar-refractivity contribution in [2.45, 2.75) is 38.2 Å². The maximum atomic E-state index is 11.0. The molecule has 0 heterocycles. The molecule has 1 fully saturated rings. The molecule has 0 bridgehead atoms. The van der Waals surface area contributed by atoms with E-state index in [0.717, 1.165) is 25.7 Å². The molecule has 0 saturated heterocycles. The van der Waals surface area contributed by atoms with Crippen LogP contribution in [0.2, 0.25) is 0 Å². The zero-order valence-electron chi connectivity index (χ0n) is 7.33. The minimum absolute atomic E-state index is 0.184. The largest absolute Gasteiger partial charge is 0.385 e. The van der Waals surface area contributed by atoms with E-state index in [1.807, 2.05) is 0 Å². The van der Waals surface area contributed by atoms with Gasteiger partial charge in [-0.25, -0.2) is 0 Å². The summed E-state index contributed by atoms with van der Waals surface area (Å²) < 4.78 is 0. The molecule has 1 aliphatic rings. The Morgan fingerprint density at radius 3 is 2.50 bits per heavy atom. The molecule has 1 atom stereocenters. The summed E-state index contributed by atoms with van der Waals surface area (Å²) in [5.41, 5.74) is 0. The van der Waals surface area contributed by atoms with Crippen LogP contribution in [0.25, 0.3) is 0 Å². The van der Waals surface area contributed by atoms with Crippen molar-refractivity contribution < 1.29 is 9.90 Å². The lowest BCUT2D eigenvalue weighted by Gasteiger charge is -2.24. The van der Waals surface area contributed by atoms with E-state index in [0.29, 0.717) is 0 Å². The molecule has 1 saturated carbocycles. The van der Waals surface area contributed by atoms with Crippen molar-refractivity contribution in [1.29, 1.82) is 0 Å². The van der Waals surface area contributed by atoms with Gasteiger partial charge in [-0.2, -0.15) is 0 Å². The van der Waals surface area contributed by atoms with Crippen molar-refractivity contribution in [3.8, 4) is 0 Å². The third-order valence-electron chi connectivity index (χ3n) is 2.59. The summed E-state index contributed by atoms with van der Waals surface area (Å²) >= 11 is 0. The number of rotatable bonds is 3. The molecule has 2 nitrogen and oxygen atoms in total. The standard InChI is InChI=1S/C10H16O2/c1-2-9(11)10(12)8-6-4-3-5-7-8/h2,8,10,12H,1,3-7H2. The summed E-state index contributed by atoms with van der Waals surface area (Å²) in [6.07, 6.45) is 5.94. The highest BCUT2D eigenvalue weighted by Crippen LogP contribution is 2.26. The summed E-state index contributed by atoms with van der Waals surface area (Å²) in [5.74, 6) is -0.0360. The maximum absolute atomic E-state index is 11.0. The average molecular weight is 168 g/mol. The minimum Gasteiger partial charge on any atom is -0.385 e. The van der Waals surface area contributed by atoms with Gasteiger partial charge in [-0.3, -0.25) is 4.79 Å². The third-order valence-corrected chi connectivity index (χ3v) is 2.59. The van der Waals surface area contributed by atoms with Gasteiger partial charge in [0.25, 0.3) is 0 Å². The highest BCUT2D eigenvalue weighted by molar-refractivity contribution is 5.93. The van der Waals surface area contributed by atoms with Crippen LogP contribution in [0.4, 0.5) is 0 Å². The van der Waals surface area contributed by atoms with Gasteiger partial charge in [0.1, 0.15) is 6.10 Å². The van der Waals surface area contributed by atoms with E-state index in [2.05, 4.69) is 6.58 Å². The van der Waals surface area contributed by atoms with Crippen LogP contribution in [-0.2, 0) is 4.79 Å². The van der Waals surface area contributed by atoms with Crippen molar-refractivity contribution in [2.24, 2.45) is 5.92 Å². The molecule has 1 rings (SSSR count). The summed E-state index contributed by atoms with van der Waals surface area (Å²) in [4.78, 5) is 11.0. The zero-order valence-corrected chi connectivity index (χ0v) is 7.33. The Bertz CT molecular complexity index is 169. The topological polar surface area (TPSA) is 37.3 Å². The van der Waals surface area contributed by atoms with Crippen LogP contribution in [0.5, 0.6) is 0 Å². The van der Waals surface area contributed by atoms with Gasteiger partial charge in [-0.15, -0.1) is 0 Å². The van der Waals surface area contributed by atoms with Crippen LogP contribution in [0, 0.1) is 5.92 Å². The first kappa shape index (κ1) is 9.46. The normalized spacial score (nSPS) is 21.8. The van der Waals surface area contributed by atoms with Crippen molar-refractivity contribution in [1.82, 2.24) is 0 Å². The van der Waals surface area contributed by atoms with Gasteiger partial charge >= 0.3 is 0 Å². The van der Waals surface area contributed by atoms with Crippen LogP contribution in [0.3, 0.4) is 0 Å². The molecule has 1 N–H and O–H groups in total. The lowest BCUT2D eigenvalue weighted by molar-refractivity contribution is -0.125. The maximum Gasteiger partial charge on any atom is 0.183 e. The molecule has 1 unspecified atom stereocenters. The number of hydrogen-bond donors (Lipinski definition) is 1. The van der Waals surface area contributed by atoms with Gasteiger partial charge in [0.2, 0.25) is 0 Å². The van der Waals surface area contributed by atoms with Gasteiger partial charge in [0.15, 0.2) is 5.78 Å². The van der Waals surface area contributed by atoms with E-state index < -0.39 is 6.10 Å². The van der Waals surface area contributed by atoms with Crippen LogP contribution in [-0.4, -0.2) is 17.0 Å². The highest BCUT2D eigenvalue weighted by Gasteiger charge is 2.25. The van der Waals surface area contributed by atoms with Crippen molar-refractivity contribution in [2.75, 3.05) is 0 Å². The molecular formula is C10H16O2. The lowest BCUT2D eigenvalue weighted by Crippen LogP contribution is -2.29. The zero-order chi connectivity index (χ0) is 8.97. The fourth-order valence-electron chi connectivity index (χ4n) is 1.80. The molecule has 68 valence electrons. The number of carbonyl (C=O) groups excluding carboxylic acids is 1. The monoisotopic (exact) mass is 168 g/mol. The number of hydrogen-bond acceptors (Lipinski definition) is 2. The minimum atomic E-state index is -0.789. The van der Waals surface area contributed by atoms with E-state index in [-0.39, 0.29) is 11.7 Å². The Morgan fingerprint density at radius 1 is 1.42 bits per heavy atom. The molecule has 0 aromatic carbocycles. The van der Waals surface area contributed by atoms with Crippen LogP contribution in [0.15, 0.2) is 12.7 Å². The molecule has 0 aromatic heterocycles. The molecular weight excluding hydrogens is 152 g/mol. The molecule has 0 radical (unpaired) electrons. The number of aliphatic hydroxyl groups excluding tert-OH is 1. The second-order valence-corrected chi connectivity index (χ2v) is 3.45. The lowest BCUT2D eigenvalue weighted by atomic mass is 9.84. The second kappa shape index (κ2) is 4.41. The highest BCUT2D eigenvalue weighted by atomic mass is 16.3. The first-order chi connectivity index (χ1) is 5.75. The Morgan fingerprint density at radius 2 is 2.00 bits per heavy atom. The van der Waals surface area contributed by atoms with Crippen molar-refractivity contribution in [3.05, 3.63) is 12.7 Å². The summed E-state index contributed by atoms with van der Waals surface area (Å²) in [7, 11) is 0. The number of ketones is 1. The van der Waals surface area contributed by atoms with Crippen LogP contribution >= 0.6 is 0 Å². The van der Waals surface area contributed by atoms with E-state index in [9.17, 15) is 9.90 Å². The van der Waals surface area contributed by atoms with Gasteiger partial charge < -0.3 is 5.11 Å². The number of carbonyl (C=O) groups is 1. The SMILES string of the molecule is C=CC(=O)C(O)C1CCCCC1. The summed E-state index contributed by atoms with van der Waals surface area (Å²) in [5, 5.41) is 9.52. The molecule has 12 heavy (non-hydrogen) atoms. The molecule has 0 aromatic rings. The first-order valence-electron chi connectivity index (χ1n) is 4.60.